The van der Waals surface area contributed by atoms with E-state index >= 15 is 4.39 Å². The summed E-state index contributed by atoms with van der Waals surface area (Å²) in [6.07, 6.45) is 3.38. The molecular weight excluding hydrogens is 585 g/mol. The summed E-state index contributed by atoms with van der Waals surface area (Å²) < 4.78 is 12.4. The topological polar surface area (TPSA) is 52.4 Å². The van der Waals surface area contributed by atoms with Crippen molar-refractivity contribution in [3.8, 4) is 0 Å². The van der Waals surface area contributed by atoms with Crippen LogP contribution < -0.4 is 9.91 Å². The summed E-state index contributed by atoms with van der Waals surface area (Å²) in [7, 11) is 1.36. The van der Waals surface area contributed by atoms with E-state index < -0.39 is 43.8 Å². The monoisotopic (exact) mass is 607 g/mol. The smallest absolute Gasteiger partial charge is 0.363 e. The molecule has 3 aliphatic rings. The molecule has 1 saturated carbocycles. The van der Waals surface area contributed by atoms with Crippen LogP contribution >= 0.6 is 58.0 Å². The Morgan fingerprint density at radius 3 is 2.38 bits per heavy atom. The number of nitrogens with zero attached hydrogens (tertiary/aromatic N) is 3. The number of fused-ring (bicyclic) bond motifs is 1. The fourth-order valence-electron chi connectivity index (χ4n) is 5.68. The van der Waals surface area contributed by atoms with Crippen LogP contribution in [0.25, 0.3) is 0 Å². The van der Waals surface area contributed by atoms with Crippen molar-refractivity contribution in [1.29, 1.82) is 0 Å². The van der Waals surface area contributed by atoms with E-state index in [4.69, 9.17) is 58.0 Å². The molecule has 0 spiro atoms. The number of anilines is 1. The first-order valence-electron chi connectivity index (χ1n) is 12.0. The second-order valence-electron chi connectivity index (χ2n) is 9.65. The Morgan fingerprint density at radius 2 is 1.73 bits per heavy atom. The molecule has 2 heterocycles. The van der Waals surface area contributed by atoms with E-state index in [9.17, 15) is 9.59 Å². The van der Waals surface area contributed by atoms with E-state index in [-0.39, 0.29) is 5.69 Å². The Bertz CT molecular complexity index is 1240. The van der Waals surface area contributed by atoms with Gasteiger partial charge in [0.1, 0.15) is 5.38 Å². The van der Waals surface area contributed by atoms with Gasteiger partial charge < -0.3 is 5.32 Å². The fourth-order valence-corrected chi connectivity index (χ4v) is 6.55. The molecule has 5 rings (SSSR count). The van der Waals surface area contributed by atoms with Crippen molar-refractivity contribution in [2.75, 3.05) is 12.4 Å². The molecule has 2 saturated heterocycles. The van der Waals surface area contributed by atoms with Crippen LogP contribution in [0.3, 0.4) is 0 Å². The Balaban J connectivity index is 1.58. The Labute approximate surface area is 239 Å². The lowest BCUT2D eigenvalue weighted by molar-refractivity contribution is -0.126. The van der Waals surface area contributed by atoms with Gasteiger partial charge in [0.2, 0.25) is 3.79 Å². The van der Waals surface area contributed by atoms with Crippen molar-refractivity contribution < 1.29 is 14.0 Å². The van der Waals surface area contributed by atoms with Crippen molar-refractivity contribution in [1.82, 2.24) is 14.5 Å². The third kappa shape index (κ3) is 4.41. The number of amides is 3. The van der Waals surface area contributed by atoms with Gasteiger partial charge >= 0.3 is 18.1 Å². The molecule has 3 fully saturated rings. The summed E-state index contributed by atoms with van der Waals surface area (Å²) in [5, 5.41) is 3.92. The molecule has 0 aromatic heterocycles. The highest BCUT2D eigenvalue weighted by Gasteiger charge is 2.86. The number of carbonyl (C=O) groups excluding carboxylic acids is 2. The normalized spacial score (nSPS) is 27.7. The van der Waals surface area contributed by atoms with Gasteiger partial charge in [-0.1, -0.05) is 94.5 Å². The van der Waals surface area contributed by atoms with Crippen molar-refractivity contribution in [2.45, 2.75) is 59.5 Å². The predicted molar refractivity (Wildman–Crippen MR) is 147 cm³/mol. The molecule has 6 nitrogen and oxygen atoms in total. The average Bonchev–Trinajstić information content (AvgIpc) is 3.51. The molecule has 12 heteroatoms. The zero-order chi connectivity index (χ0) is 26.7. The molecule has 0 bridgehead atoms. The van der Waals surface area contributed by atoms with E-state index in [1.54, 1.807) is 12.1 Å². The van der Waals surface area contributed by atoms with Crippen molar-refractivity contribution >= 4 is 81.3 Å². The van der Waals surface area contributed by atoms with Crippen LogP contribution in [0.4, 0.5) is 20.6 Å². The summed E-state index contributed by atoms with van der Waals surface area (Å²) in [4.78, 5) is 27.6. The van der Waals surface area contributed by atoms with Crippen LogP contribution in [0, 0.1) is 5.82 Å². The van der Waals surface area contributed by atoms with Gasteiger partial charge in [-0.15, -0.1) is 11.6 Å². The van der Waals surface area contributed by atoms with Crippen LogP contribution in [0.2, 0.25) is 5.02 Å². The van der Waals surface area contributed by atoms with Gasteiger partial charge in [0.25, 0.3) is 0 Å². The molecule has 37 heavy (non-hydrogen) atoms. The van der Waals surface area contributed by atoms with Crippen LogP contribution in [0.5, 0.6) is 0 Å². The van der Waals surface area contributed by atoms with Crippen LogP contribution in [0.1, 0.15) is 43.6 Å². The quantitative estimate of drug-likeness (QED) is 0.161. The fraction of sp³-hybridized carbons (Fsp3) is 0.440. The maximum atomic E-state index is 15.1. The number of hydrogen-bond acceptors (Lipinski definition) is 4. The Morgan fingerprint density at radius 1 is 1.05 bits per heavy atom. The lowest BCUT2D eigenvalue weighted by Gasteiger charge is -2.31. The Kier molecular flexibility index (Phi) is 7.38. The molecule has 2 aliphatic heterocycles. The van der Waals surface area contributed by atoms with Crippen LogP contribution in [-0.4, -0.2) is 50.4 Å². The Hall–Kier alpha value is -1.32. The number of halogens is 6. The molecule has 198 valence electrons. The predicted octanol–water partition coefficient (Wildman–Crippen LogP) is 7.40. The largest absolute Gasteiger partial charge is 0.452 e. The maximum Gasteiger partial charge on any atom is 0.452 e. The number of likely N-dealkylation sites (N-methyl/N-ethyl adjacent to an activating group) is 1. The van der Waals surface area contributed by atoms with Gasteiger partial charge in [0.15, 0.2) is 17.7 Å². The molecule has 2 aromatic rings. The standard InChI is InChI=1S/C25H25Cl5FN4O2/c1-33-23(36)22-34(35(22,24(33)37)18-13-6-5-11-16(18)31)21(20(27)25(28,29)30)32-17-12-7-10-15(19(17)26)14-8-3-2-4-9-14/h5-7,10-14,20-22,32H,2-4,8-9H2,1H3/q+1. The minimum absolute atomic E-state index is 0.00256. The molecule has 5 atom stereocenters. The van der Waals surface area contributed by atoms with E-state index in [0.29, 0.717) is 16.6 Å². The SMILES string of the molecule is CN1C(=O)C2N(C(Nc3cccc(C4CCCCC4)c3Cl)C(Cl)C(Cl)(Cl)Cl)[N+]2(c2ccccc2F)C1=O. The summed E-state index contributed by atoms with van der Waals surface area (Å²) in [5.41, 5.74) is 1.51. The van der Waals surface area contributed by atoms with Crippen molar-refractivity contribution in [2.24, 2.45) is 0 Å². The van der Waals surface area contributed by atoms with Crippen molar-refractivity contribution in [3.05, 3.63) is 58.9 Å². The van der Waals surface area contributed by atoms with Gasteiger partial charge in [0.05, 0.1) is 10.7 Å². The summed E-state index contributed by atoms with van der Waals surface area (Å²) >= 11 is 32.3. The lowest BCUT2D eigenvalue weighted by atomic mass is 9.84. The molecule has 1 N–H and O–H groups in total. The number of urea groups is 1. The number of carbonyl (C=O) groups is 2. The molecule has 5 unspecified atom stereocenters. The highest BCUT2D eigenvalue weighted by Crippen LogP contribution is 2.55. The van der Waals surface area contributed by atoms with Gasteiger partial charge in [-0.05, 0) is 41.5 Å². The maximum absolute atomic E-state index is 15.1. The lowest BCUT2D eigenvalue weighted by Crippen LogP contribution is -2.54. The number of quaternary nitrogens is 1. The highest BCUT2D eigenvalue weighted by atomic mass is 35.6. The number of imide groups is 1. The van der Waals surface area contributed by atoms with Crippen LogP contribution in [0.15, 0.2) is 42.5 Å². The molecule has 1 aliphatic carbocycles. The number of hydrogen-bond donors (Lipinski definition) is 1. The van der Waals surface area contributed by atoms with Gasteiger partial charge in [0, 0.05) is 13.1 Å². The molecule has 2 aromatic carbocycles. The third-order valence-corrected chi connectivity index (χ3v) is 9.54. The molecule has 3 amide bonds. The number of nitrogens with one attached hydrogen (secondary N) is 1. The first-order valence-corrected chi connectivity index (χ1v) is 14.0. The zero-order valence-corrected chi connectivity index (χ0v) is 23.6. The number of alkyl halides is 4. The summed E-state index contributed by atoms with van der Waals surface area (Å²) in [6.45, 7) is 0. The highest BCUT2D eigenvalue weighted by molar-refractivity contribution is 6.70. The minimum atomic E-state index is -2.00. The average molecular weight is 610 g/mol. The summed E-state index contributed by atoms with van der Waals surface area (Å²) in [5.74, 6) is -0.850. The second kappa shape index (κ2) is 10.0. The second-order valence-corrected chi connectivity index (χ2v) is 12.9. The summed E-state index contributed by atoms with van der Waals surface area (Å²) in [6, 6.07) is 10.8. The van der Waals surface area contributed by atoms with E-state index in [0.717, 1.165) is 36.1 Å². The first-order chi connectivity index (χ1) is 17.5. The minimum Gasteiger partial charge on any atom is -0.363 e. The number of benzene rings is 2. The zero-order valence-electron chi connectivity index (χ0n) is 19.8. The van der Waals surface area contributed by atoms with Gasteiger partial charge in [-0.25, -0.2) is 14.1 Å². The number of rotatable bonds is 6. The number of para-hydroxylation sites is 1. The van der Waals surface area contributed by atoms with Gasteiger partial charge in [-0.2, -0.15) is 0 Å². The van der Waals surface area contributed by atoms with Crippen molar-refractivity contribution in [3.63, 3.8) is 0 Å². The third-order valence-electron chi connectivity index (χ3n) is 7.52. The van der Waals surface area contributed by atoms with Gasteiger partial charge in [-0.3, -0.25) is 4.79 Å². The molecule has 0 radical (unpaired) electrons. The van der Waals surface area contributed by atoms with E-state index in [1.807, 2.05) is 12.1 Å². The van der Waals surface area contributed by atoms with Crippen LogP contribution in [-0.2, 0) is 4.79 Å². The first kappa shape index (κ1) is 27.3. The van der Waals surface area contributed by atoms with E-state index in [1.165, 1.54) is 36.7 Å². The van der Waals surface area contributed by atoms with E-state index in [2.05, 4.69) is 5.32 Å². The molecular formula is C25H25Cl5FN4O2+.